The van der Waals surface area contributed by atoms with Crippen LogP contribution < -0.4 is 0 Å². The summed E-state index contributed by atoms with van der Waals surface area (Å²) in [5.74, 6) is -0.162. The van der Waals surface area contributed by atoms with Gasteiger partial charge in [-0.1, -0.05) is 6.07 Å². The van der Waals surface area contributed by atoms with Crippen LogP contribution in [-0.2, 0) is 12.6 Å². The predicted molar refractivity (Wildman–Crippen MR) is 68.5 cm³/mol. The molecule has 0 fully saturated rings. The topological polar surface area (TPSA) is 17.1 Å². The minimum atomic E-state index is -4.38. The molecule has 1 aromatic carbocycles. The van der Waals surface area contributed by atoms with Gasteiger partial charge in [-0.25, -0.2) is 0 Å². The van der Waals surface area contributed by atoms with E-state index in [0.717, 1.165) is 17.7 Å². The van der Waals surface area contributed by atoms with Crippen LogP contribution in [0.1, 0.15) is 27.0 Å². The van der Waals surface area contributed by atoms with E-state index >= 15 is 0 Å². The molecule has 2 rings (SSSR count). The molecule has 0 saturated heterocycles. The van der Waals surface area contributed by atoms with Crippen molar-refractivity contribution in [2.24, 2.45) is 0 Å². The maximum absolute atomic E-state index is 12.5. The Hall–Kier alpha value is -1.62. The molecular formula is C14H11F3OS. The molecule has 0 aliphatic carbocycles. The lowest BCUT2D eigenvalue weighted by atomic mass is 9.98. The fourth-order valence-corrected chi connectivity index (χ4v) is 2.50. The summed E-state index contributed by atoms with van der Waals surface area (Å²) < 4.78 is 37.6. The number of Topliss-reactive ketones (excluding diaryl/α,β-unsaturated/α-hetero) is 1. The first-order valence-corrected chi connectivity index (χ1v) is 6.54. The Morgan fingerprint density at radius 3 is 2.53 bits per heavy atom. The lowest BCUT2D eigenvalue weighted by molar-refractivity contribution is -0.137. The molecule has 100 valence electrons. The van der Waals surface area contributed by atoms with E-state index in [-0.39, 0.29) is 12.2 Å². The van der Waals surface area contributed by atoms with E-state index in [2.05, 4.69) is 0 Å². The number of hydrogen-bond donors (Lipinski definition) is 0. The van der Waals surface area contributed by atoms with E-state index in [1.165, 1.54) is 24.3 Å². The van der Waals surface area contributed by atoms with Crippen molar-refractivity contribution in [1.29, 1.82) is 0 Å². The average Bonchev–Trinajstić information content (AvgIpc) is 2.80. The summed E-state index contributed by atoms with van der Waals surface area (Å²) in [7, 11) is 0. The molecule has 0 atom stereocenters. The highest BCUT2D eigenvalue weighted by Crippen LogP contribution is 2.30. The van der Waals surface area contributed by atoms with Crippen molar-refractivity contribution in [1.82, 2.24) is 0 Å². The first-order chi connectivity index (χ1) is 8.88. The number of rotatable bonds is 3. The largest absolute Gasteiger partial charge is 0.416 e. The first-order valence-electron chi connectivity index (χ1n) is 5.60. The van der Waals surface area contributed by atoms with E-state index in [9.17, 15) is 18.0 Å². The molecule has 19 heavy (non-hydrogen) atoms. The number of ketones is 1. The van der Waals surface area contributed by atoms with Crippen LogP contribution in [0.15, 0.2) is 35.0 Å². The normalized spacial score (nSPS) is 11.6. The zero-order chi connectivity index (χ0) is 14.0. The number of halogens is 3. The molecule has 0 N–H and O–H groups in total. The molecule has 5 heteroatoms. The standard InChI is InChI=1S/C14H11F3OS/c1-9-6-11(14(15,16)17)2-3-12(9)13(18)7-10-4-5-19-8-10/h2-6,8H,7H2,1H3. The monoisotopic (exact) mass is 284 g/mol. The summed E-state index contributed by atoms with van der Waals surface area (Å²) in [6.07, 6.45) is -4.16. The van der Waals surface area contributed by atoms with Gasteiger partial charge in [0.1, 0.15) is 0 Å². The molecule has 2 aromatic rings. The summed E-state index contributed by atoms with van der Waals surface area (Å²) in [5.41, 5.74) is 0.862. The van der Waals surface area contributed by atoms with Crippen LogP contribution in [-0.4, -0.2) is 5.78 Å². The van der Waals surface area contributed by atoms with Crippen molar-refractivity contribution < 1.29 is 18.0 Å². The lowest BCUT2D eigenvalue weighted by Gasteiger charge is -2.10. The molecule has 1 heterocycles. The Bertz CT molecular complexity index is 585. The van der Waals surface area contributed by atoms with E-state index in [4.69, 9.17) is 0 Å². The summed E-state index contributed by atoms with van der Waals surface area (Å²) in [6, 6.07) is 5.06. The van der Waals surface area contributed by atoms with Gasteiger partial charge < -0.3 is 0 Å². The number of benzene rings is 1. The third kappa shape index (κ3) is 3.23. The maximum Gasteiger partial charge on any atom is 0.416 e. The van der Waals surface area contributed by atoms with Crippen LogP contribution in [0.3, 0.4) is 0 Å². The van der Waals surface area contributed by atoms with Crippen LogP contribution in [0.5, 0.6) is 0 Å². The molecule has 1 nitrogen and oxygen atoms in total. The minimum absolute atomic E-state index is 0.162. The zero-order valence-corrected chi connectivity index (χ0v) is 10.9. The van der Waals surface area contributed by atoms with Crippen LogP contribution in [0, 0.1) is 6.92 Å². The van der Waals surface area contributed by atoms with Gasteiger partial charge in [0.25, 0.3) is 0 Å². The van der Waals surface area contributed by atoms with E-state index in [1.54, 1.807) is 0 Å². The Morgan fingerprint density at radius 1 is 1.26 bits per heavy atom. The molecule has 1 aromatic heterocycles. The molecule has 0 aliphatic heterocycles. The van der Waals surface area contributed by atoms with Crippen molar-refractivity contribution in [2.45, 2.75) is 19.5 Å². The van der Waals surface area contributed by atoms with E-state index in [1.807, 2.05) is 16.8 Å². The highest BCUT2D eigenvalue weighted by atomic mass is 32.1. The lowest BCUT2D eigenvalue weighted by Crippen LogP contribution is -2.09. The highest BCUT2D eigenvalue weighted by Gasteiger charge is 2.30. The molecule has 0 aliphatic rings. The van der Waals surface area contributed by atoms with Crippen molar-refractivity contribution in [3.05, 3.63) is 57.3 Å². The Kier molecular flexibility index (Phi) is 3.75. The summed E-state index contributed by atoms with van der Waals surface area (Å²) in [4.78, 5) is 12.0. The van der Waals surface area contributed by atoms with Gasteiger partial charge in [0, 0.05) is 12.0 Å². The van der Waals surface area contributed by atoms with Crippen LogP contribution in [0.2, 0.25) is 0 Å². The zero-order valence-electron chi connectivity index (χ0n) is 10.1. The molecular weight excluding hydrogens is 273 g/mol. The Balaban J connectivity index is 2.24. The Labute approximate surface area is 112 Å². The van der Waals surface area contributed by atoms with Crippen molar-refractivity contribution in [2.75, 3.05) is 0 Å². The number of hydrogen-bond acceptors (Lipinski definition) is 2. The average molecular weight is 284 g/mol. The molecule has 0 radical (unpaired) electrons. The molecule has 0 amide bonds. The smallest absolute Gasteiger partial charge is 0.294 e. The quantitative estimate of drug-likeness (QED) is 0.758. The second kappa shape index (κ2) is 5.17. The summed E-state index contributed by atoms with van der Waals surface area (Å²) in [5, 5.41) is 3.72. The molecule has 0 bridgehead atoms. The minimum Gasteiger partial charge on any atom is -0.294 e. The van der Waals surface area contributed by atoms with Crippen LogP contribution in [0.4, 0.5) is 13.2 Å². The fourth-order valence-electron chi connectivity index (χ4n) is 1.83. The van der Waals surface area contributed by atoms with Gasteiger partial charge in [-0.2, -0.15) is 24.5 Å². The highest BCUT2D eigenvalue weighted by molar-refractivity contribution is 7.08. The van der Waals surface area contributed by atoms with Crippen molar-refractivity contribution in [3.63, 3.8) is 0 Å². The predicted octanol–water partition coefficient (Wildman–Crippen LogP) is 4.50. The van der Waals surface area contributed by atoms with Gasteiger partial charge >= 0.3 is 6.18 Å². The first kappa shape index (κ1) is 13.8. The number of carbonyl (C=O) groups excluding carboxylic acids is 1. The SMILES string of the molecule is Cc1cc(C(F)(F)F)ccc1C(=O)Cc1ccsc1. The second-order valence-electron chi connectivity index (χ2n) is 4.26. The van der Waals surface area contributed by atoms with Gasteiger partial charge in [0.2, 0.25) is 0 Å². The van der Waals surface area contributed by atoms with Crippen LogP contribution >= 0.6 is 11.3 Å². The van der Waals surface area contributed by atoms with Gasteiger partial charge in [0.15, 0.2) is 5.78 Å². The van der Waals surface area contributed by atoms with Gasteiger partial charge in [0.05, 0.1) is 5.56 Å². The van der Waals surface area contributed by atoms with E-state index in [0.29, 0.717) is 11.1 Å². The van der Waals surface area contributed by atoms with Crippen LogP contribution in [0.25, 0.3) is 0 Å². The number of thiophene rings is 1. The summed E-state index contributed by atoms with van der Waals surface area (Å²) >= 11 is 1.49. The van der Waals surface area contributed by atoms with Gasteiger partial charge in [-0.15, -0.1) is 0 Å². The molecule has 0 unspecified atom stereocenters. The maximum atomic E-state index is 12.5. The third-order valence-corrected chi connectivity index (χ3v) is 3.53. The second-order valence-corrected chi connectivity index (χ2v) is 5.04. The van der Waals surface area contributed by atoms with Crippen molar-refractivity contribution >= 4 is 17.1 Å². The number of alkyl halides is 3. The fraction of sp³-hybridized carbons (Fsp3) is 0.214. The number of aryl methyl sites for hydroxylation is 1. The third-order valence-electron chi connectivity index (χ3n) is 2.80. The molecule has 0 spiro atoms. The summed E-state index contributed by atoms with van der Waals surface area (Å²) in [6.45, 7) is 1.52. The van der Waals surface area contributed by atoms with Gasteiger partial charge in [-0.3, -0.25) is 4.79 Å². The van der Waals surface area contributed by atoms with E-state index < -0.39 is 11.7 Å². The molecule has 0 saturated carbocycles. The van der Waals surface area contributed by atoms with Crippen molar-refractivity contribution in [3.8, 4) is 0 Å². The Morgan fingerprint density at radius 2 is 2.00 bits per heavy atom. The number of carbonyl (C=O) groups is 1. The van der Waals surface area contributed by atoms with Gasteiger partial charge in [-0.05, 0) is 47.0 Å².